The van der Waals surface area contributed by atoms with Crippen molar-refractivity contribution in [1.82, 2.24) is 9.88 Å². The van der Waals surface area contributed by atoms with E-state index < -0.39 is 0 Å². The van der Waals surface area contributed by atoms with Crippen LogP contribution in [0, 0.1) is 5.92 Å². The molecule has 0 saturated carbocycles. The number of aromatic amines is 1. The van der Waals surface area contributed by atoms with Gasteiger partial charge in [-0.25, -0.2) is 0 Å². The second-order valence-electron chi connectivity index (χ2n) is 5.52. The first-order chi connectivity index (χ1) is 10.2. The number of H-pyrrole nitrogens is 1. The van der Waals surface area contributed by atoms with Gasteiger partial charge in [-0.15, -0.1) is 0 Å². The van der Waals surface area contributed by atoms with Gasteiger partial charge in [-0.05, 0) is 36.3 Å². The second kappa shape index (κ2) is 5.69. The quantitative estimate of drug-likeness (QED) is 0.895. The van der Waals surface area contributed by atoms with Crippen molar-refractivity contribution < 1.29 is 9.90 Å². The van der Waals surface area contributed by atoms with E-state index in [9.17, 15) is 9.59 Å². The molecule has 110 valence electrons. The van der Waals surface area contributed by atoms with Gasteiger partial charge in [0.25, 0.3) is 11.5 Å². The van der Waals surface area contributed by atoms with E-state index in [1.54, 1.807) is 23.1 Å². The number of hydrogen-bond donors (Lipinski definition) is 2. The van der Waals surface area contributed by atoms with Crippen LogP contribution < -0.4 is 5.56 Å². The van der Waals surface area contributed by atoms with E-state index in [-0.39, 0.29) is 18.1 Å². The third-order valence-corrected chi connectivity index (χ3v) is 4.09. The van der Waals surface area contributed by atoms with Gasteiger partial charge >= 0.3 is 0 Å². The zero-order valence-corrected chi connectivity index (χ0v) is 11.7. The van der Waals surface area contributed by atoms with Crippen LogP contribution in [0.2, 0.25) is 0 Å². The lowest BCUT2D eigenvalue weighted by atomic mass is 10.1. The van der Waals surface area contributed by atoms with Gasteiger partial charge in [0.2, 0.25) is 0 Å². The number of amides is 1. The summed E-state index contributed by atoms with van der Waals surface area (Å²) in [6, 6.07) is 8.97. The first-order valence-electron chi connectivity index (χ1n) is 7.21. The average Bonchev–Trinajstić information content (AvgIpc) is 2.95. The highest BCUT2D eigenvalue weighted by molar-refractivity contribution is 5.96. The molecule has 5 nitrogen and oxygen atoms in total. The Kier molecular flexibility index (Phi) is 3.75. The maximum atomic E-state index is 12.5. The first kappa shape index (κ1) is 13.8. The Morgan fingerprint density at radius 1 is 1.38 bits per heavy atom. The average molecular weight is 286 g/mol. The predicted octanol–water partition coefficient (Wildman–Crippen LogP) is 1.37. The summed E-state index contributed by atoms with van der Waals surface area (Å²) in [5.41, 5.74) is 0.103. The van der Waals surface area contributed by atoms with Gasteiger partial charge in [0.1, 0.15) is 5.69 Å². The molecule has 0 spiro atoms. The number of benzene rings is 1. The summed E-state index contributed by atoms with van der Waals surface area (Å²) in [6.07, 6.45) is 1.63. The molecule has 1 aromatic heterocycles. The van der Waals surface area contributed by atoms with E-state index in [0.29, 0.717) is 30.1 Å². The number of nitrogens with zero attached hydrogens (tertiary/aromatic N) is 1. The number of aromatic nitrogens is 1. The lowest BCUT2D eigenvalue weighted by Gasteiger charge is -2.16. The first-order valence-corrected chi connectivity index (χ1v) is 7.21. The summed E-state index contributed by atoms with van der Waals surface area (Å²) in [5, 5.41) is 10.3. The SMILES string of the molecule is O=C(c1cc2ccccc2c(=O)[nH]1)N1CCC(CCO)C1. The number of likely N-dealkylation sites (tertiary alicyclic amines) is 1. The van der Waals surface area contributed by atoms with Crippen molar-refractivity contribution in [1.29, 1.82) is 0 Å². The third-order valence-electron chi connectivity index (χ3n) is 4.09. The molecule has 2 N–H and O–H groups in total. The maximum Gasteiger partial charge on any atom is 0.270 e. The molecule has 1 aliphatic rings. The van der Waals surface area contributed by atoms with Crippen LogP contribution in [0.1, 0.15) is 23.3 Å². The van der Waals surface area contributed by atoms with Crippen LogP contribution in [-0.4, -0.2) is 40.6 Å². The molecule has 0 bridgehead atoms. The Hall–Kier alpha value is -2.14. The number of rotatable bonds is 3. The van der Waals surface area contributed by atoms with Crippen molar-refractivity contribution in [3.8, 4) is 0 Å². The Bertz CT molecular complexity index is 723. The highest BCUT2D eigenvalue weighted by atomic mass is 16.3. The minimum Gasteiger partial charge on any atom is -0.396 e. The fraction of sp³-hybridized carbons (Fsp3) is 0.375. The van der Waals surface area contributed by atoms with Gasteiger partial charge in [0, 0.05) is 25.1 Å². The van der Waals surface area contributed by atoms with E-state index in [0.717, 1.165) is 18.2 Å². The predicted molar refractivity (Wildman–Crippen MR) is 80.3 cm³/mol. The van der Waals surface area contributed by atoms with Gasteiger partial charge in [-0.2, -0.15) is 0 Å². The fourth-order valence-corrected chi connectivity index (χ4v) is 2.93. The Balaban J connectivity index is 1.87. The van der Waals surface area contributed by atoms with E-state index in [2.05, 4.69) is 4.98 Å². The minimum atomic E-state index is -0.234. The molecule has 3 rings (SSSR count). The maximum absolute atomic E-state index is 12.5. The van der Waals surface area contributed by atoms with Crippen LogP contribution in [0.25, 0.3) is 10.8 Å². The molecular weight excluding hydrogens is 268 g/mol. The summed E-state index contributed by atoms with van der Waals surface area (Å²) in [4.78, 5) is 28.9. The highest BCUT2D eigenvalue weighted by Crippen LogP contribution is 2.21. The molecule has 1 amide bonds. The molecule has 0 aliphatic carbocycles. The van der Waals surface area contributed by atoms with Crippen molar-refractivity contribution >= 4 is 16.7 Å². The summed E-state index contributed by atoms with van der Waals surface area (Å²) >= 11 is 0. The Labute approximate surface area is 122 Å². The molecule has 1 saturated heterocycles. The van der Waals surface area contributed by atoms with Crippen LogP contribution in [0.15, 0.2) is 35.1 Å². The van der Waals surface area contributed by atoms with Crippen LogP contribution in [0.3, 0.4) is 0 Å². The molecule has 1 fully saturated rings. The van der Waals surface area contributed by atoms with Crippen LogP contribution >= 0.6 is 0 Å². The molecule has 2 aromatic rings. The van der Waals surface area contributed by atoms with Crippen LogP contribution in [0.5, 0.6) is 0 Å². The van der Waals surface area contributed by atoms with Gasteiger partial charge < -0.3 is 15.0 Å². The van der Waals surface area contributed by atoms with Crippen molar-refractivity contribution in [3.05, 3.63) is 46.4 Å². The minimum absolute atomic E-state index is 0.140. The van der Waals surface area contributed by atoms with Crippen molar-refractivity contribution in [2.45, 2.75) is 12.8 Å². The fourth-order valence-electron chi connectivity index (χ4n) is 2.93. The van der Waals surface area contributed by atoms with Crippen LogP contribution in [-0.2, 0) is 0 Å². The van der Waals surface area contributed by atoms with Crippen molar-refractivity contribution in [2.75, 3.05) is 19.7 Å². The van der Waals surface area contributed by atoms with Crippen LogP contribution in [0.4, 0.5) is 0 Å². The summed E-state index contributed by atoms with van der Waals surface area (Å²) in [6.45, 7) is 1.48. The summed E-state index contributed by atoms with van der Waals surface area (Å²) < 4.78 is 0. The number of hydrogen-bond acceptors (Lipinski definition) is 3. The number of aliphatic hydroxyl groups excluding tert-OH is 1. The monoisotopic (exact) mass is 286 g/mol. The number of pyridine rings is 1. The van der Waals surface area contributed by atoms with Gasteiger partial charge in [0.05, 0.1) is 0 Å². The number of aliphatic hydroxyl groups is 1. The highest BCUT2D eigenvalue weighted by Gasteiger charge is 2.27. The lowest BCUT2D eigenvalue weighted by molar-refractivity contribution is 0.0779. The molecule has 21 heavy (non-hydrogen) atoms. The van der Waals surface area contributed by atoms with Crippen molar-refractivity contribution in [2.24, 2.45) is 5.92 Å². The largest absolute Gasteiger partial charge is 0.396 e. The van der Waals surface area contributed by atoms with Gasteiger partial charge in [-0.3, -0.25) is 9.59 Å². The number of carbonyl (C=O) groups is 1. The Morgan fingerprint density at radius 2 is 2.19 bits per heavy atom. The third kappa shape index (κ3) is 2.69. The molecule has 1 aliphatic heterocycles. The van der Waals surface area contributed by atoms with Gasteiger partial charge in [0.15, 0.2) is 0 Å². The topological polar surface area (TPSA) is 73.4 Å². The second-order valence-corrected chi connectivity index (χ2v) is 5.52. The van der Waals surface area contributed by atoms with E-state index in [1.165, 1.54) is 0 Å². The smallest absolute Gasteiger partial charge is 0.270 e. The molecular formula is C16H18N2O3. The molecule has 1 unspecified atom stereocenters. The lowest BCUT2D eigenvalue weighted by Crippen LogP contribution is -2.30. The zero-order chi connectivity index (χ0) is 14.8. The molecule has 1 aromatic carbocycles. The van der Waals surface area contributed by atoms with Gasteiger partial charge in [-0.1, -0.05) is 18.2 Å². The van der Waals surface area contributed by atoms with E-state index >= 15 is 0 Å². The number of fused-ring (bicyclic) bond motifs is 1. The molecule has 2 heterocycles. The molecule has 1 atom stereocenters. The van der Waals surface area contributed by atoms with E-state index in [4.69, 9.17) is 5.11 Å². The number of carbonyl (C=O) groups excluding carboxylic acids is 1. The summed E-state index contributed by atoms with van der Waals surface area (Å²) in [7, 11) is 0. The summed E-state index contributed by atoms with van der Waals surface area (Å²) in [5.74, 6) is 0.212. The number of nitrogens with one attached hydrogen (secondary N) is 1. The Morgan fingerprint density at radius 3 is 3.00 bits per heavy atom. The normalized spacial score (nSPS) is 18.3. The zero-order valence-electron chi connectivity index (χ0n) is 11.7. The molecule has 5 heteroatoms. The van der Waals surface area contributed by atoms with Crippen molar-refractivity contribution in [3.63, 3.8) is 0 Å². The standard InChI is InChI=1S/C16H18N2O3/c19-8-6-11-5-7-18(10-11)16(21)14-9-12-3-1-2-4-13(12)15(20)17-14/h1-4,9,11,19H,5-8,10H2,(H,17,20). The molecule has 0 radical (unpaired) electrons. The van der Waals surface area contributed by atoms with E-state index in [1.807, 2.05) is 12.1 Å².